The van der Waals surface area contributed by atoms with Gasteiger partial charge in [0.2, 0.25) is 0 Å². The molecule has 2 aromatic rings. The summed E-state index contributed by atoms with van der Waals surface area (Å²) in [6, 6.07) is 15.4. The first-order valence-corrected chi connectivity index (χ1v) is 6.82. The van der Waals surface area contributed by atoms with Crippen LogP contribution in [0, 0.1) is 0 Å². The predicted molar refractivity (Wildman–Crippen MR) is 77.4 cm³/mol. The topological polar surface area (TPSA) is 52.3 Å². The average Bonchev–Trinajstić information content (AvgIpc) is 2.40. The molecule has 0 aromatic heterocycles. The maximum Gasteiger partial charge on any atom is 0.340 e. The molecule has 0 aliphatic heterocycles. The molecule has 98 valence electrons. The maximum absolute atomic E-state index is 11.6. The Morgan fingerprint density at radius 3 is 2.53 bits per heavy atom. The Bertz CT molecular complexity index is 570. The summed E-state index contributed by atoms with van der Waals surface area (Å²) in [5.41, 5.74) is 6.75. The van der Waals surface area contributed by atoms with E-state index in [1.54, 1.807) is 30.8 Å². The fourth-order valence-corrected chi connectivity index (χ4v) is 2.51. The van der Waals surface area contributed by atoms with Crippen LogP contribution in [0.1, 0.15) is 17.3 Å². The number of benzene rings is 2. The van der Waals surface area contributed by atoms with Crippen LogP contribution >= 0.6 is 11.8 Å². The van der Waals surface area contributed by atoms with Crippen LogP contribution in [0.15, 0.2) is 58.3 Å². The third kappa shape index (κ3) is 3.51. The summed E-state index contributed by atoms with van der Waals surface area (Å²) in [7, 11) is 0. The van der Waals surface area contributed by atoms with E-state index in [4.69, 9.17) is 10.5 Å². The highest BCUT2D eigenvalue weighted by molar-refractivity contribution is 7.99. The second-order valence-electron chi connectivity index (χ2n) is 3.88. The Morgan fingerprint density at radius 1 is 1.16 bits per heavy atom. The fraction of sp³-hybridized carbons (Fsp3) is 0.133. The third-order valence-electron chi connectivity index (χ3n) is 2.50. The molecule has 0 spiro atoms. The quantitative estimate of drug-likeness (QED) is 0.683. The molecular weight excluding hydrogens is 258 g/mol. The number of hydrogen-bond acceptors (Lipinski definition) is 4. The molecule has 0 amide bonds. The molecule has 19 heavy (non-hydrogen) atoms. The summed E-state index contributed by atoms with van der Waals surface area (Å²) in [6.07, 6.45) is 0. The summed E-state index contributed by atoms with van der Waals surface area (Å²) in [5, 5.41) is 0. The molecule has 0 heterocycles. The van der Waals surface area contributed by atoms with E-state index in [0.29, 0.717) is 17.9 Å². The minimum absolute atomic E-state index is 0.346. The number of rotatable bonds is 4. The zero-order valence-electron chi connectivity index (χ0n) is 10.6. The number of nitrogen functional groups attached to an aromatic ring is 1. The van der Waals surface area contributed by atoms with Crippen molar-refractivity contribution < 1.29 is 9.53 Å². The van der Waals surface area contributed by atoms with Gasteiger partial charge in [0.1, 0.15) is 0 Å². The van der Waals surface area contributed by atoms with Crippen LogP contribution in [0.4, 0.5) is 5.69 Å². The van der Waals surface area contributed by atoms with Crippen LogP contribution < -0.4 is 5.73 Å². The van der Waals surface area contributed by atoms with E-state index in [9.17, 15) is 4.79 Å². The number of carbonyl (C=O) groups excluding carboxylic acids is 1. The first-order valence-electron chi connectivity index (χ1n) is 6.00. The maximum atomic E-state index is 11.6. The minimum Gasteiger partial charge on any atom is -0.462 e. The number of ether oxygens (including phenoxy) is 1. The van der Waals surface area contributed by atoms with E-state index in [1.165, 1.54) is 0 Å². The highest BCUT2D eigenvalue weighted by Gasteiger charge is 2.11. The van der Waals surface area contributed by atoms with Crippen LogP contribution in [0.2, 0.25) is 0 Å². The molecule has 0 radical (unpaired) electrons. The highest BCUT2D eigenvalue weighted by atomic mass is 32.2. The smallest absolute Gasteiger partial charge is 0.340 e. The van der Waals surface area contributed by atoms with E-state index in [2.05, 4.69) is 0 Å². The predicted octanol–water partition coefficient (Wildman–Crippen LogP) is 3.60. The molecule has 0 aliphatic carbocycles. The first kappa shape index (κ1) is 13.5. The monoisotopic (exact) mass is 273 g/mol. The van der Waals surface area contributed by atoms with Crippen molar-refractivity contribution in [1.29, 1.82) is 0 Å². The minimum atomic E-state index is -0.378. The van der Waals surface area contributed by atoms with Gasteiger partial charge in [0, 0.05) is 15.5 Å². The summed E-state index contributed by atoms with van der Waals surface area (Å²) >= 11 is 1.60. The molecule has 3 nitrogen and oxygen atoms in total. The van der Waals surface area contributed by atoms with E-state index >= 15 is 0 Å². The fourth-order valence-electron chi connectivity index (χ4n) is 1.62. The Kier molecular flexibility index (Phi) is 4.47. The largest absolute Gasteiger partial charge is 0.462 e. The second-order valence-corrected chi connectivity index (χ2v) is 5.03. The summed E-state index contributed by atoms with van der Waals surface area (Å²) < 4.78 is 4.94. The summed E-state index contributed by atoms with van der Waals surface area (Å²) in [6.45, 7) is 2.12. The van der Waals surface area contributed by atoms with Crippen molar-refractivity contribution in [1.82, 2.24) is 0 Å². The van der Waals surface area contributed by atoms with Gasteiger partial charge < -0.3 is 10.5 Å². The van der Waals surface area contributed by atoms with Crippen LogP contribution in [-0.2, 0) is 4.74 Å². The number of anilines is 1. The number of hydrogen-bond donors (Lipinski definition) is 1. The van der Waals surface area contributed by atoms with E-state index in [0.717, 1.165) is 9.79 Å². The van der Waals surface area contributed by atoms with Crippen molar-refractivity contribution in [3.63, 3.8) is 0 Å². The van der Waals surface area contributed by atoms with Crippen molar-refractivity contribution in [3.8, 4) is 0 Å². The van der Waals surface area contributed by atoms with Gasteiger partial charge in [0.25, 0.3) is 0 Å². The molecule has 0 aliphatic rings. The van der Waals surface area contributed by atoms with Gasteiger partial charge in [-0.2, -0.15) is 0 Å². The van der Waals surface area contributed by atoms with Gasteiger partial charge in [-0.05, 0) is 37.3 Å². The van der Waals surface area contributed by atoms with E-state index in [1.807, 2.05) is 36.4 Å². The molecule has 4 heteroatoms. The van der Waals surface area contributed by atoms with Gasteiger partial charge in [-0.25, -0.2) is 4.79 Å². The lowest BCUT2D eigenvalue weighted by atomic mass is 10.2. The number of nitrogens with two attached hydrogens (primary N) is 1. The van der Waals surface area contributed by atoms with Crippen molar-refractivity contribution in [2.24, 2.45) is 0 Å². The standard InChI is InChI=1S/C15H15NO2S/c1-2-18-15(17)13-9-8-12(10-14(13)16)19-11-6-4-3-5-7-11/h3-10H,2,16H2,1H3. The van der Waals surface area contributed by atoms with Gasteiger partial charge in [-0.15, -0.1) is 0 Å². The van der Waals surface area contributed by atoms with E-state index < -0.39 is 0 Å². The molecular formula is C15H15NO2S. The van der Waals surface area contributed by atoms with Gasteiger partial charge >= 0.3 is 5.97 Å². The highest BCUT2D eigenvalue weighted by Crippen LogP contribution is 2.29. The Balaban J connectivity index is 2.17. The van der Waals surface area contributed by atoms with Crippen molar-refractivity contribution >= 4 is 23.4 Å². The van der Waals surface area contributed by atoms with Crippen LogP contribution in [0.5, 0.6) is 0 Å². The molecule has 0 unspecified atom stereocenters. The third-order valence-corrected chi connectivity index (χ3v) is 3.49. The normalized spacial score (nSPS) is 10.2. The lowest BCUT2D eigenvalue weighted by Crippen LogP contribution is -2.07. The Morgan fingerprint density at radius 2 is 1.89 bits per heavy atom. The van der Waals surface area contributed by atoms with Crippen LogP contribution in [0.3, 0.4) is 0 Å². The van der Waals surface area contributed by atoms with Crippen molar-refractivity contribution in [2.45, 2.75) is 16.7 Å². The zero-order chi connectivity index (χ0) is 13.7. The Hall–Kier alpha value is -1.94. The molecule has 0 fully saturated rings. The SMILES string of the molecule is CCOC(=O)c1ccc(Sc2ccccc2)cc1N. The lowest BCUT2D eigenvalue weighted by molar-refractivity contribution is 0.0527. The molecule has 0 saturated carbocycles. The molecule has 0 saturated heterocycles. The Labute approximate surface area is 116 Å². The van der Waals surface area contributed by atoms with Gasteiger partial charge in [-0.1, -0.05) is 30.0 Å². The van der Waals surface area contributed by atoms with Crippen molar-refractivity contribution in [3.05, 3.63) is 54.1 Å². The van der Waals surface area contributed by atoms with Gasteiger partial charge in [0.05, 0.1) is 12.2 Å². The number of esters is 1. The number of carbonyl (C=O) groups is 1. The van der Waals surface area contributed by atoms with Crippen LogP contribution in [-0.4, -0.2) is 12.6 Å². The second kappa shape index (κ2) is 6.29. The summed E-state index contributed by atoms with van der Waals surface area (Å²) in [4.78, 5) is 13.8. The van der Waals surface area contributed by atoms with E-state index in [-0.39, 0.29) is 5.97 Å². The molecule has 2 N–H and O–H groups in total. The van der Waals surface area contributed by atoms with Gasteiger partial charge in [0.15, 0.2) is 0 Å². The molecule has 2 aromatic carbocycles. The average molecular weight is 273 g/mol. The van der Waals surface area contributed by atoms with Crippen molar-refractivity contribution in [2.75, 3.05) is 12.3 Å². The first-order chi connectivity index (χ1) is 9.20. The lowest BCUT2D eigenvalue weighted by Gasteiger charge is -2.07. The van der Waals surface area contributed by atoms with Gasteiger partial charge in [-0.3, -0.25) is 0 Å². The summed E-state index contributed by atoms with van der Waals surface area (Å²) in [5.74, 6) is -0.378. The molecule has 0 bridgehead atoms. The van der Waals surface area contributed by atoms with Crippen LogP contribution in [0.25, 0.3) is 0 Å². The molecule has 2 rings (SSSR count). The zero-order valence-corrected chi connectivity index (χ0v) is 11.4. The molecule has 0 atom stereocenters.